The van der Waals surface area contributed by atoms with E-state index in [1.807, 2.05) is 67.6 Å². The Bertz CT molecular complexity index is 1340. The maximum Gasteiger partial charge on any atom is 0.259 e. The predicted molar refractivity (Wildman–Crippen MR) is 147 cm³/mol. The molecule has 0 saturated heterocycles. The van der Waals surface area contributed by atoms with E-state index >= 15 is 0 Å². The Morgan fingerprint density at radius 3 is 2.31 bits per heavy atom. The number of nitrogens with one attached hydrogen (secondary N) is 1. The third-order valence-corrected chi connectivity index (χ3v) is 6.09. The number of para-hydroxylation sites is 1. The maximum absolute atomic E-state index is 13.4. The number of fused-ring (bicyclic) bond motifs is 1. The monoisotopic (exact) mass is 480 g/mol. The molecule has 0 aliphatic rings. The summed E-state index contributed by atoms with van der Waals surface area (Å²) in [7, 11) is 0. The quantitative estimate of drug-likeness (QED) is 0.276. The van der Waals surface area contributed by atoms with Crippen LogP contribution in [0.4, 0.5) is 11.4 Å². The summed E-state index contributed by atoms with van der Waals surface area (Å²) >= 11 is 0. The Morgan fingerprint density at radius 2 is 1.56 bits per heavy atom. The minimum Gasteiger partial charge on any atom is -0.493 e. The van der Waals surface area contributed by atoms with Crippen molar-refractivity contribution in [3.63, 3.8) is 0 Å². The molecular formula is C31H32N2O3. The van der Waals surface area contributed by atoms with E-state index in [0.29, 0.717) is 41.6 Å². The van der Waals surface area contributed by atoms with Gasteiger partial charge in [0.2, 0.25) is 0 Å². The van der Waals surface area contributed by atoms with Crippen LogP contribution in [0.25, 0.3) is 10.8 Å². The second kappa shape index (κ2) is 11.5. The SMILES string of the molecule is CCN(C(=O)c1ccc(NC(=O)c2ccccc2OCCC(C)C)cc1)c1cccc2ccccc12. The van der Waals surface area contributed by atoms with E-state index < -0.39 is 0 Å². The van der Waals surface area contributed by atoms with Crippen molar-refractivity contribution in [2.24, 2.45) is 5.92 Å². The molecule has 1 N–H and O–H groups in total. The lowest BCUT2D eigenvalue weighted by Gasteiger charge is -2.23. The number of anilines is 2. The molecule has 0 saturated carbocycles. The smallest absolute Gasteiger partial charge is 0.259 e. The molecule has 0 aromatic heterocycles. The highest BCUT2D eigenvalue weighted by atomic mass is 16.5. The predicted octanol–water partition coefficient (Wildman–Crippen LogP) is 7.18. The number of amides is 2. The highest BCUT2D eigenvalue weighted by Crippen LogP contribution is 2.28. The lowest BCUT2D eigenvalue weighted by molar-refractivity contribution is 0.0987. The minimum atomic E-state index is -0.250. The van der Waals surface area contributed by atoms with E-state index in [-0.39, 0.29) is 11.8 Å². The summed E-state index contributed by atoms with van der Waals surface area (Å²) in [4.78, 5) is 28.1. The molecule has 0 aliphatic carbocycles. The van der Waals surface area contributed by atoms with Crippen LogP contribution in [0.5, 0.6) is 5.75 Å². The highest BCUT2D eigenvalue weighted by molar-refractivity contribution is 6.11. The summed E-state index contributed by atoms with van der Waals surface area (Å²) in [6.45, 7) is 7.34. The molecule has 5 nitrogen and oxygen atoms in total. The van der Waals surface area contributed by atoms with Gasteiger partial charge in [0.1, 0.15) is 5.75 Å². The summed E-state index contributed by atoms with van der Waals surface area (Å²) in [5.41, 5.74) is 2.53. The fourth-order valence-corrected chi connectivity index (χ4v) is 4.10. The fourth-order valence-electron chi connectivity index (χ4n) is 4.10. The molecule has 0 atom stereocenters. The molecule has 0 aliphatic heterocycles. The summed E-state index contributed by atoms with van der Waals surface area (Å²) < 4.78 is 5.86. The van der Waals surface area contributed by atoms with Crippen molar-refractivity contribution in [1.29, 1.82) is 0 Å². The standard InChI is InChI=1S/C31H32N2O3/c1-4-33(28-14-9-11-23-10-5-6-12-26(23)28)31(35)24-16-18-25(19-17-24)32-30(34)27-13-7-8-15-29(27)36-21-20-22(2)3/h5-19,22H,4,20-21H2,1-3H3,(H,32,34). The van der Waals surface area contributed by atoms with Gasteiger partial charge in [-0.3, -0.25) is 9.59 Å². The number of carbonyl (C=O) groups excluding carboxylic acids is 2. The molecule has 4 aromatic rings. The van der Waals surface area contributed by atoms with E-state index in [1.54, 1.807) is 35.2 Å². The maximum atomic E-state index is 13.4. The van der Waals surface area contributed by atoms with Crippen LogP contribution in [-0.2, 0) is 0 Å². The van der Waals surface area contributed by atoms with Crippen LogP contribution in [0.3, 0.4) is 0 Å². The molecule has 0 fully saturated rings. The van der Waals surface area contributed by atoms with Gasteiger partial charge in [-0.25, -0.2) is 0 Å². The third-order valence-electron chi connectivity index (χ3n) is 6.09. The van der Waals surface area contributed by atoms with Gasteiger partial charge >= 0.3 is 0 Å². The molecular weight excluding hydrogens is 448 g/mol. The van der Waals surface area contributed by atoms with Gasteiger partial charge in [0.05, 0.1) is 17.9 Å². The molecule has 4 rings (SSSR count). The summed E-state index contributed by atoms with van der Waals surface area (Å²) in [6.07, 6.45) is 0.916. The van der Waals surface area contributed by atoms with Crippen molar-refractivity contribution < 1.29 is 14.3 Å². The van der Waals surface area contributed by atoms with Gasteiger partial charge < -0.3 is 15.0 Å². The Kier molecular flexibility index (Phi) is 8.01. The van der Waals surface area contributed by atoms with Gasteiger partial charge in [-0.15, -0.1) is 0 Å². The molecule has 184 valence electrons. The van der Waals surface area contributed by atoms with Crippen molar-refractivity contribution in [3.8, 4) is 5.75 Å². The number of nitrogens with zero attached hydrogens (tertiary/aromatic N) is 1. The summed E-state index contributed by atoms with van der Waals surface area (Å²) in [5, 5.41) is 5.05. The van der Waals surface area contributed by atoms with Crippen molar-refractivity contribution in [1.82, 2.24) is 0 Å². The lowest BCUT2D eigenvalue weighted by atomic mass is 10.1. The normalized spacial score (nSPS) is 10.9. The van der Waals surface area contributed by atoms with Gasteiger partial charge in [0, 0.05) is 23.2 Å². The first kappa shape index (κ1) is 25.0. The Morgan fingerprint density at radius 1 is 0.861 bits per heavy atom. The molecule has 0 heterocycles. The van der Waals surface area contributed by atoms with Crippen molar-refractivity contribution >= 4 is 34.0 Å². The van der Waals surface area contributed by atoms with Crippen LogP contribution in [-0.4, -0.2) is 25.0 Å². The Labute approximate surface area is 212 Å². The molecule has 5 heteroatoms. The van der Waals surface area contributed by atoms with Gasteiger partial charge in [0.25, 0.3) is 11.8 Å². The number of benzene rings is 4. The molecule has 2 amide bonds. The average Bonchev–Trinajstić information content (AvgIpc) is 2.89. The van der Waals surface area contributed by atoms with E-state index in [2.05, 4.69) is 19.2 Å². The zero-order chi connectivity index (χ0) is 25.5. The first-order valence-corrected chi connectivity index (χ1v) is 12.4. The van der Waals surface area contributed by atoms with Crippen LogP contribution in [0.1, 0.15) is 47.9 Å². The van der Waals surface area contributed by atoms with Crippen LogP contribution in [0, 0.1) is 5.92 Å². The van der Waals surface area contributed by atoms with Gasteiger partial charge in [0.15, 0.2) is 0 Å². The first-order valence-electron chi connectivity index (χ1n) is 12.4. The molecule has 36 heavy (non-hydrogen) atoms. The van der Waals surface area contributed by atoms with Crippen LogP contribution < -0.4 is 15.0 Å². The van der Waals surface area contributed by atoms with Gasteiger partial charge in [-0.05, 0) is 67.1 Å². The zero-order valence-corrected chi connectivity index (χ0v) is 21.0. The molecule has 0 unspecified atom stereocenters. The van der Waals surface area contributed by atoms with E-state index in [1.165, 1.54) is 0 Å². The van der Waals surface area contributed by atoms with Crippen LogP contribution >= 0.6 is 0 Å². The number of hydrogen-bond acceptors (Lipinski definition) is 3. The second-order valence-corrected chi connectivity index (χ2v) is 9.11. The Balaban J connectivity index is 1.48. The van der Waals surface area contributed by atoms with E-state index in [4.69, 9.17) is 4.74 Å². The summed E-state index contributed by atoms with van der Waals surface area (Å²) in [5.74, 6) is 0.753. The number of carbonyl (C=O) groups is 2. The summed E-state index contributed by atoms with van der Waals surface area (Å²) in [6, 6.07) is 28.3. The molecule has 0 bridgehead atoms. The molecule has 0 spiro atoms. The third kappa shape index (κ3) is 5.74. The average molecular weight is 481 g/mol. The first-order chi connectivity index (χ1) is 17.5. The van der Waals surface area contributed by atoms with Gasteiger partial charge in [-0.2, -0.15) is 0 Å². The topological polar surface area (TPSA) is 58.6 Å². The number of rotatable bonds is 9. The zero-order valence-electron chi connectivity index (χ0n) is 21.0. The van der Waals surface area contributed by atoms with Crippen LogP contribution in [0.2, 0.25) is 0 Å². The molecule has 0 radical (unpaired) electrons. The van der Waals surface area contributed by atoms with Crippen molar-refractivity contribution in [3.05, 3.63) is 102 Å². The Hall–Kier alpha value is -4.12. The second-order valence-electron chi connectivity index (χ2n) is 9.11. The minimum absolute atomic E-state index is 0.0874. The largest absolute Gasteiger partial charge is 0.493 e. The van der Waals surface area contributed by atoms with E-state index in [9.17, 15) is 9.59 Å². The number of ether oxygens (including phenoxy) is 1. The van der Waals surface area contributed by atoms with Crippen molar-refractivity contribution in [2.45, 2.75) is 27.2 Å². The number of hydrogen-bond donors (Lipinski definition) is 1. The highest BCUT2D eigenvalue weighted by Gasteiger charge is 2.19. The fraction of sp³-hybridized carbons (Fsp3) is 0.226. The van der Waals surface area contributed by atoms with Gasteiger partial charge in [-0.1, -0.05) is 62.4 Å². The molecule has 4 aromatic carbocycles. The lowest BCUT2D eigenvalue weighted by Crippen LogP contribution is -2.30. The van der Waals surface area contributed by atoms with Crippen LogP contribution in [0.15, 0.2) is 91.0 Å². The van der Waals surface area contributed by atoms with Crippen molar-refractivity contribution in [2.75, 3.05) is 23.4 Å². The van der Waals surface area contributed by atoms with E-state index in [0.717, 1.165) is 22.9 Å².